The van der Waals surface area contributed by atoms with Crippen LogP contribution in [0.4, 0.5) is 0 Å². The SMILES string of the molecule is CN(Cc1ccc(Cl)cc1)S(=O)(=O)CCN. The molecular weight excluding hydrogens is 248 g/mol. The molecule has 0 fully saturated rings. The van der Waals surface area contributed by atoms with Gasteiger partial charge in [-0.15, -0.1) is 0 Å². The van der Waals surface area contributed by atoms with Crippen LogP contribution < -0.4 is 5.73 Å². The summed E-state index contributed by atoms with van der Waals surface area (Å²) in [6, 6.07) is 7.08. The lowest BCUT2D eigenvalue weighted by molar-refractivity contribution is 0.467. The summed E-state index contributed by atoms with van der Waals surface area (Å²) in [5.41, 5.74) is 6.14. The molecule has 0 unspecified atom stereocenters. The minimum absolute atomic E-state index is 0.0307. The molecule has 0 bridgehead atoms. The quantitative estimate of drug-likeness (QED) is 0.863. The van der Waals surface area contributed by atoms with E-state index in [0.29, 0.717) is 11.6 Å². The molecule has 0 radical (unpaired) electrons. The number of sulfonamides is 1. The van der Waals surface area contributed by atoms with Gasteiger partial charge in [-0.05, 0) is 17.7 Å². The molecule has 0 aliphatic rings. The summed E-state index contributed by atoms with van der Waals surface area (Å²) in [6.45, 7) is 0.465. The van der Waals surface area contributed by atoms with Gasteiger partial charge in [-0.2, -0.15) is 0 Å². The molecule has 0 aliphatic carbocycles. The number of halogens is 1. The van der Waals surface area contributed by atoms with Crippen LogP contribution in [0.15, 0.2) is 24.3 Å². The summed E-state index contributed by atoms with van der Waals surface area (Å²) in [7, 11) is -1.70. The molecule has 0 amide bonds. The molecule has 0 atom stereocenters. The van der Waals surface area contributed by atoms with Crippen molar-refractivity contribution < 1.29 is 8.42 Å². The Morgan fingerprint density at radius 3 is 2.38 bits per heavy atom. The highest BCUT2D eigenvalue weighted by Crippen LogP contribution is 2.12. The highest BCUT2D eigenvalue weighted by atomic mass is 35.5. The van der Waals surface area contributed by atoms with Crippen molar-refractivity contribution >= 4 is 21.6 Å². The summed E-state index contributed by atoms with van der Waals surface area (Å²) >= 11 is 5.74. The van der Waals surface area contributed by atoms with Crippen LogP contribution in [0.25, 0.3) is 0 Å². The molecule has 16 heavy (non-hydrogen) atoms. The Labute approximate surface area is 101 Å². The molecule has 2 N–H and O–H groups in total. The topological polar surface area (TPSA) is 63.4 Å². The average Bonchev–Trinajstić information content (AvgIpc) is 2.21. The zero-order chi connectivity index (χ0) is 12.2. The maximum absolute atomic E-state index is 11.6. The molecule has 1 aromatic carbocycles. The number of nitrogens with zero attached hydrogens (tertiary/aromatic N) is 1. The van der Waals surface area contributed by atoms with Gasteiger partial charge in [0, 0.05) is 25.2 Å². The lowest BCUT2D eigenvalue weighted by Crippen LogP contribution is -2.31. The van der Waals surface area contributed by atoms with Crippen molar-refractivity contribution in [3.63, 3.8) is 0 Å². The Balaban J connectivity index is 2.71. The third-order valence-electron chi connectivity index (χ3n) is 2.17. The highest BCUT2D eigenvalue weighted by molar-refractivity contribution is 7.89. The second-order valence-corrected chi connectivity index (χ2v) is 6.12. The summed E-state index contributed by atoms with van der Waals surface area (Å²) in [6.07, 6.45) is 0. The van der Waals surface area contributed by atoms with Crippen molar-refractivity contribution in [1.82, 2.24) is 4.31 Å². The Hall–Kier alpha value is -0.620. The Bertz CT molecular complexity index is 431. The number of nitrogens with two attached hydrogens (primary N) is 1. The molecular formula is C10H15ClN2O2S. The van der Waals surface area contributed by atoms with Crippen LogP contribution in [0.2, 0.25) is 5.02 Å². The van der Waals surface area contributed by atoms with E-state index in [0.717, 1.165) is 5.56 Å². The first-order valence-corrected chi connectivity index (χ1v) is 6.83. The number of hydrogen-bond acceptors (Lipinski definition) is 3. The van der Waals surface area contributed by atoms with Gasteiger partial charge >= 0.3 is 0 Å². The standard InChI is InChI=1S/C10H15ClN2O2S/c1-13(16(14,15)7-6-12)8-9-2-4-10(11)5-3-9/h2-5H,6-8,12H2,1H3. The summed E-state index contributed by atoms with van der Waals surface area (Å²) < 4.78 is 24.5. The van der Waals surface area contributed by atoms with Gasteiger partial charge < -0.3 is 5.73 Å². The summed E-state index contributed by atoms with van der Waals surface area (Å²) in [5.74, 6) is -0.0307. The van der Waals surface area contributed by atoms with Crippen LogP contribution >= 0.6 is 11.6 Å². The molecule has 0 heterocycles. The third kappa shape index (κ3) is 3.75. The van der Waals surface area contributed by atoms with Gasteiger partial charge in [0.1, 0.15) is 0 Å². The number of benzene rings is 1. The second-order valence-electron chi connectivity index (χ2n) is 3.49. The molecule has 0 aromatic heterocycles. The first-order chi connectivity index (χ1) is 7.45. The van der Waals surface area contributed by atoms with E-state index < -0.39 is 10.0 Å². The summed E-state index contributed by atoms with van der Waals surface area (Å²) in [5, 5.41) is 0.635. The zero-order valence-electron chi connectivity index (χ0n) is 9.06. The van der Waals surface area contributed by atoms with E-state index in [-0.39, 0.29) is 12.3 Å². The van der Waals surface area contributed by atoms with Gasteiger partial charge in [0.15, 0.2) is 0 Å². The van der Waals surface area contributed by atoms with Gasteiger partial charge in [-0.1, -0.05) is 23.7 Å². The Morgan fingerprint density at radius 1 is 1.31 bits per heavy atom. The van der Waals surface area contributed by atoms with Crippen LogP contribution in [0.3, 0.4) is 0 Å². The molecule has 6 heteroatoms. The molecule has 1 aromatic rings. The minimum Gasteiger partial charge on any atom is -0.329 e. The largest absolute Gasteiger partial charge is 0.329 e. The van der Waals surface area contributed by atoms with Gasteiger partial charge in [0.2, 0.25) is 10.0 Å². The minimum atomic E-state index is -3.24. The van der Waals surface area contributed by atoms with Crippen molar-refractivity contribution in [2.24, 2.45) is 5.73 Å². The van der Waals surface area contributed by atoms with E-state index in [1.807, 2.05) is 0 Å². The monoisotopic (exact) mass is 262 g/mol. The maximum atomic E-state index is 11.6. The fourth-order valence-corrected chi connectivity index (χ4v) is 2.33. The van der Waals surface area contributed by atoms with E-state index in [1.54, 1.807) is 31.3 Å². The maximum Gasteiger partial charge on any atom is 0.215 e. The molecule has 1 rings (SSSR count). The van der Waals surface area contributed by atoms with Gasteiger partial charge in [0.05, 0.1) is 5.75 Å². The van der Waals surface area contributed by atoms with E-state index >= 15 is 0 Å². The zero-order valence-corrected chi connectivity index (χ0v) is 10.6. The number of hydrogen-bond donors (Lipinski definition) is 1. The fourth-order valence-electron chi connectivity index (χ4n) is 1.25. The van der Waals surface area contributed by atoms with Crippen LogP contribution in [0.1, 0.15) is 5.56 Å². The summed E-state index contributed by atoms with van der Waals surface area (Å²) in [4.78, 5) is 0. The van der Waals surface area contributed by atoms with Crippen LogP contribution in [0.5, 0.6) is 0 Å². The molecule has 4 nitrogen and oxygen atoms in total. The van der Waals surface area contributed by atoms with E-state index in [1.165, 1.54) is 4.31 Å². The van der Waals surface area contributed by atoms with Crippen molar-refractivity contribution in [1.29, 1.82) is 0 Å². The van der Waals surface area contributed by atoms with Gasteiger partial charge in [-0.25, -0.2) is 12.7 Å². The van der Waals surface area contributed by atoms with E-state index in [2.05, 4.69) is 0 Å². The Morgan fingerprint density at radius 2 is 1.88 bits per heavy atom. The van der Waals surface area contributed by atoms with E-state index in [9.17, 15) is 8.42 Å². The normalized spacial score (nSPS) is 12.0. The van der Waals surface area contributed by atoms with Gasteiger partial charge in [0.25, 0.3) is 0 Å². The molecule has 0 saturated carbocycles. The van der Waals surface area contributed by atoms with E-state index in [4.69, 9.17) is 17.3 Å². The predicted octanol–water partition coefficient (Wildman–Crippen LogP) is 1.06. The molecule has 0 saturated heterocycles. The van der Waals surface area contributed by atoms with Crippen molar-refractivity contribution in [3.05, 3.63) is 34.9 Å². The smallest absolute Gasteiger partial charge is 0.215 e. The molecule has 0 spiro atoms. The fraction of sp³-hybridized carbons (Fsp3) is 0.400. The van der Waals surface area contributed by atoms with Crippen LogP contribution in [0, 0.1) is 0 Å². The third-order valence-corrected chi connectivity index (χ3v) is 4.25. The van der Waals surface area contributed by atoms with Crippen molar-refractivity contribution in [3.8, 4) is 0 Å². The second kappa shape index (κ2) is 5.63. The lowest BCUT2D eigenvalue weighted by Gasteiger charge is -2.16. The van der Waals surface area contributed by atoms with Crippen molar-refractivity contribution in [2.45, 2.75) is 6.54 Å². The first-order valence-electron chi connectivity index (χ1n) is 4.84. The molecule has 90 valence electrons. The average molecular weight is 263 g/mol. The Kier molecular flexibility index (Phi) is 4.73. The van der Waals surface area contributed by atoms with Gasteiger partial charge in [-0.3, -0.25) is 0 Å². The highest BCUT2D eigenvalue weighted by Gasteiger charge is 2.16. The molecule has 0 aliphatic heterocycles. The predicted molar refractivity (Wildman–Crippen MR) is 65.8 cm³/mol. The lowest BCUT2D eigenvalue weighted by atomic mass is 10.2. The van der Waals surface area contributed by atoms with Crippen LogP contribution in [-0.4, -0.2) is 32.1 Å². The first kappa shape index (κ1) is 13.4. The number of rotatable bonds is 5. The van der Waals surface area contributed by atoms with Crippen LogP contribution in [-0.2, 0) is 16.6 Å². The van der Waals surface area contributed by atoms with Crippen molar-refractivity contribution in [2.75, 3.05) is 19.3 Å².